The number of carbonyl (C=O) groups is 1. The molecule has 0 amide bonds. The van der Waals surface area contributed by atoms with E-state index in [1.54, 1.807) is 0 Å². The summed E-state index contributed by atoms with van der Waals surface area (Å²) in [6.07, 6.45) is 5.46. The van der Waals surface area contributed by atoms with Gasteiger partial charge >= 0.3 is 5.97 Å². The van der Waals surface area contributed by atoms with Crippen molar-refractivity contribution < 1.29 is 18.4 Å². The van der Waals surface area contributed by atoms with Gasteiger partial charge in [-0.2, -0.15) is 0 Å². The Morgan fingerprint density at radius 3 is 2.69 bits per heavy atom. The maximum atomic E-state index is 11.1. The molecule has 0 aliphatic carbocycles. The molecule has 0 unspecified atom stereocenters. The Labute approximate surface area is 175 Å². The van der Waals surface area contributed by atoms with Crippen molar-refractivity contribution in [1.29, 1.82) is 0 Å². The van der Waals surface area contributed by atoms with Crippen LogP contribution in [0.3, 0.4) is 0 Å². The maximum Gasteiger partial charge on any atom is 0.315 e. The first-order valence-electron chi connectivity index (χ1n) is 9.54. The summed E-state index contributed by atoms with van der Waals surface area (Å²) in [4.78, 5) is 15.7. The normalized spacial score (nSPS) is 11.3. The Bertz CT molecular complexity index is 969. The average molecular weight is 412 g/mol. The third kappa shape index (κ3) is 5.87. The summed E-state index contributed by atoms with van der Waals surface area (Å²) in [6, 6.07) is 12.2. The number of oxazole rings is 1. The molecule has 6 heteroatoms. The van der Waals surface area contributed by atoms with E-state index < -0.39 is 0 Å². The molecule has 0 N–H and O–H groups in total. The molecule has 0 bridgehead atoms. The highest BCUT2D eigenvalue weighted by atomic mass is 32.2. The fourth-order valence-electron chi connectivity index (χ4n) is 2.78. The van der Waals surface area contributed by atoms with Crippen LogP contribution in [0.2, 0.25) is 0 Å². The maximum absolute atomic E-state index is 11.1. The molecule has 0 radical (unpaired) electrons. The number of rotatable bonds is 9. The van der Waals surface area contributed by atoms with E-state index in [0.717, 1.165) is 35.0 Å². The molecule has 0 atom stereocenters. The number of esters is 1. The van der Waals surface area contributed by atoms with Crippen molar-refractivity contribution in [1.82, 2.24) is 4.98 Å². The number of hydrogen-bond acceptors (Lipinski definition) is 6. The van der Waals surface area contributed by atoms with Crippen LogP contribution < -0.4 is 0 Å². The Morgan fingerprint density at radius 1 is 1.17 bits per heavy atom. The summed E-state index contributed by atoms with van der Waals surface area (Å²) >= 11 is 1.49. The molecule has 3 rings (SSSR count). The van der Waals surface area contributed by atoms with Gasteiger partial charge in [-0.05, 0) is 49.2 Å². The van der Waals surface area contributed by atoms with Crippen molar-refractivity contribution in [3.63, 3.8) is 0 Å². The summed E-state index contributed by atoms with van der Waals surface area (Å²) in [7, 11) is 1.39. The average Bonchev–Trinajstić information content (AvgIpc) is 3.34. The molecule has 2 aromatic heterocycles. The van der Waals surface area contributed by atoms with Crippen molar-refractivity contribution in [3.8, 4) is 11.5 Å². The predicted molar refractivity (Wildman–Crippen MR) is 116 cm³/mol. The van der Waals surface area contributed by atoms with Crippen molar-refractivity contribution in [2.75, 3.05) is 18.6 Å². The van der Waals surface area contributed by atoms with Gasteiger partial charge in [0.1, 0.15) is 17.3 Å². The lowest BCUT2D eigenvalue weighted by atomic mass is 10.1. The molecule has 0 aliphatic heterocycles. The lowest BCUT2D eigenvalue weighted by Crippen LogP contribution is -2.03. The van der Waals surface area contributed by atoms with E-state index >= 15 is 0 Å². The third-order valence-electron chi connectivity index (χ3n) is 4.47. The highest BCUT2D eigenvalue weighted by Gasteiger charge is 2.13. The van der Waals surface area contributed by atoms with Gasteiger partial charge in [-0.1, -0.05) is 25.1 Å². The minimum atomic E-state index is -0.215. The van der Waals surface area contributed by atoms with Crippen LogP contribution in [0.5, 0.6) is 0 Å². The van der Waals surface area contributed by atoms with Crippen LogP contribution >= 0.6 is 11.8 Å². The number of thioether (sulfide) groups is 1. The summed E-state index contributed by atoms with van der Waals surface area (Å²) in [6.45, 7) is 4.06. The molecule has 0 fully saturated rings. The summed E-state index contributed by atoms with van der Waals surface area (Å²) in [5.74, 6) is 3.88. The smallest absolute Gasteiger partial charge is 0.315 e. The largest absolute Gasteiger partial charge is 0.468 e. The van der Waals surface area contributed by atoms with E-state index in [1.165, 1.54) is 24.4 Å². The van der Waals surface area contributed by atoms with Crippen LogP contribution in [-0.2, 0) is 22.4 Å². The minimum Gasteiger partial charge on any atom is -0.468 e. The summed E-state index contributed by atoms with van der Waals surface area (Å²) < 4.78 is 16.3. The van der Waals surface area contributed by atoms with Gasteiger partial charge in [0.25, 0.3) is 0 Å². The van der Waals surface area contributed by atoms with E-state index in [1.807, 2.05) is 43.3 Å². The van der Waals surface area contributed by atoms with Crippen LogP contribution in [0.25, 0.3) is 17.5 Å². The van der Waals surface area contributed by atoms with Crippen LogP contribution in [0, 0.1) is 6.92 Å². The molecule has 152 valence electrons. The molecule has 0 aliphatic rings. The number of aromatic nitrogens is 1. The molecule has 5 nitrogen and oxygen atoms in total. The Hall–Kier alpha value is -2.73. The first kappa shape index (κ1) is 21.0. The number of hydrogen-bond donors (Lipinski definition) is 0. The number of carbonyl (C=O) groups excluding carboxylic acids is 1. The zero-order chi connectivity index (χ0) is 20.6. The fraction of sp³-hybridized carbons (Fsp3) is 0.304. The van der Waals surface area contributed by atoms with Crippen molar-refractivity contribution >= 4 is 23.8 Å². The second-order valence-corrected chi connectivity index (χ2v) is 7.58. The molecule has 0 saturated carbocycles. The first-order chi connectivity index (χ1) is 14.1. The highest BCUT2D eigenvalue weighted by Crippen LogP contribution is 2.24. The monoisotopic (exact) mass is 411 g/mol. The molecule has 2 heterocycles. The predicted octanol–water partition coefficient (Wildman–Crippen LogP) is 5.32. The quantitative estimate of drug-likeness (QED) is 0.351. The van der Waals surface area contributed by atoms with Gasteiger partial charge in [0.15, 0.2) is 0 Å². The molecular weight excluding hydrogens is 386 g/mol. The van der Waals surface area contributed by atoms with Gasteiger partial charge < -0.3 is 13.6 Å². The topological polar surface area (TPSA) is 65.5 Å². The minimum absolute atomic E-state index is 0.215. The standard InChI is InChI=1S/C23H25NO4S/c1-4-17-7-9-18(10-8-17)23-24-21(16(2)27-23)14-20-12-11-19(28-20)6-5-13-29-15-22(25)26-3/h5-12H,4,13-15H2,1-3H3. The molecule has 1 aromatic carbocycles. The van der Waals surface area contributed by atoms with Crippen LogP contribution in [0.4, 0.5) is 0 Å². The molecule has 3 aromatic rings. The summed E-state index contributed by atoms with van der Waals surface area (Å²) in [5.41, 5.74) is 3.14. The van der Waals surface area contributed by atoms with Gasteiger partial charge in [-0.3, -0.25) is 4.79 Å². The van der Waals surface area contributed by atoms with Crippen molar-refractivity contribution in [2.45, 2.75) is 26.7 Å². The molecular formula is C23H25NO4S. The first-order valence-corrected chi connectivity index (χ1v) is 10.7. The van der Waals surface area contributed by atoms with E-state index in [2.05, 4.69) is 28.8 Å². The van der Waals surface area contributed by atoms with Crippen LogP contribution in [0.15, 0.2) is 51.3 Å². The Balaban J connectivity index is 1.59. The van der Waals surface area contributed by atoms with E-state index in [4.69, 9.17) is 8.83 Å². The third-order valence-corrected chi connectivity index (χ3v) is 5.34. The van der Waals surface area contributed by atoms with Crippen molar-refractivity contribution in [3.05, 3.63) is 71.0 Å². The molecule has 0 saturated heterocycles. The lowest BCUT2D eigenvalue weighted by molar-refractivity contribution is -0.137. The summed E-state index contributed by atoms with van der Waals surface area (Å²) in [5, 5.41) is 0. The van der Waals surface area contributed by atoms with Crippen molar-refractivity contribution in [2.24, 2.45) is 0 Å². The van der Waals surface area contributed by atoms with E-state index in [9.17, 15) is 4.79 Å². The molecule has 0 spiro atoms. The number of methoxy groups -OCH3 is 1. The lowest BCUT2D eigenvalue weighted by Gasteiger charge is -1.98. The number of aryl methyl sites for hydroxylation is 2. The SMILES string of the molecule is CCc1ccc(-c2nc(Cc3ccc(C=CCSCC(=O)OC)o3)c(C)o2)cc1. The second-order valence-electron chi connectivity index (χ2n) is 6.55. The van der Waals surface area contributed by atoms with Gasteiger partial charge in [0.2, 0.25) is 5.89 Å². The molecule has 29 heavy (non-hydrogen) atoms. The van der Waals surface area contributed by atoms with Gasteiger partial charge in [-0.15, -0.1) is 11.8 Å². The van der Waals surface area contributed by atoms with Crippen LogP contribution in [0.1, 0.15) is 35.5 Å². The number of nitrogens with zero attached hydrogens (tertiary/aromatic N) is 1. The Morgan fingerprint density at radius 2 is 1.97 bits per heavy atom. The van der Waals surface area contributed by atoms with Gasteiger partial charge in [-0.25, -0.2) is 4.98 Å². The fourth-order valence-corrected chi connectivity index (χ4v) is 3.41. The van der Waals surface area contributed by atoms with Gasteiger partial charge in [0, 0.05) is 11.3 Å². The zero-order valence-electron chi connectivity index (χ0n) is 16.9. The number of furan rings is 1. The number of ether oxygens (including phenoxy) is 1. The van der Waals surface area contributed by atoms with Crippen LogP contribution in [-0.4, -0.2) is 29.6 Å². The second kappa shape index (κ2) is 10.2. The zero-order valence-corrected chi connectivity index (χ0v) is 17.8. The highest BCUT2D eigenvalue weighted by molar-refractivity contribution is 8.00. The Kier molecular flexibility index (Phi) is 7.36. The van der Waals surface area contributed by atoms with E-state index in [0.29, 0.717) is 23.8 Å². The van der Waals surface area contributed by atoms with Gasteiger partial charge in [0.05, 0.1) is 25.0 Å². The van der Waals surface area contributed by atoms with E-state index in [-0.39, 0.29) is 5.97 Å². The number of benzene rings is 1.